The van der Waals surface area contributed by atoms with Crippen LogP contribution in [0.5, 0.6) is 0 Å². The van der Waals surface area contributed by atoms with Gasteiger partial charge < -0.3 is 15.5 Å². The molecule has 2 aromatic rings. The van der Waals surface area contributed by atoms with Gasteiger partial charge in [-0.3, -0.25) is 4.79 Å². The van der Waals surface area contributed by atoms with Crippen LogP contribution in [0, 0.1) is 0 Å². The minimum absolute atomic E-state index is 0.0108. The fourth-order valence-electron chi connectivity index (χ4n) is 1.52. The molecule has 1 amide bonds. The zero-order chi connectivity index (χ0) is 13.5. The zero-order valence-corrected chi connectivity index (χ0v) is 11.3. The number of rotatable bonds is 6. The van der Waals surface area contributed by atoms with Crippen LogP contribution in [0.3, 0.4) is 0 Å². The largest absolute Gasteiger partial charge is 0.468 e. The maximum Gasteiger partial charge on any atom is 0.225 e. The lowest BCUT2D eigenvalue weighted by Gasteiger charge is -2.05. The zero-order valence-electron chi connectivity index (χ0n) is 10.5. The minimum atomic E-state index is 0.0108. The van der Waals surface area contributed by atoms with E-state index in [-0.39, 0.29) is 5.91 Å². The van der Waals surface area contributed by atoms with Crippen LogP contribution in [-0.2, 0) is 10.5 Å². The Kier molecular flexibility index (Phi) is 4.92. The minimum Gasteiger partial charge on any atom is -0.468 e. The molecule has 1 heterocycles. The molecule has 0 fully saturated rings. The fraction of sp³-hybridized carbons (Fsp3) is 0.214. The highest BCUT2D eigenvalue weighted by atomic mass is 32.2. The van der Waals surface area contributed by atoms with Gasteiger partial charge in [0.2, 0.25) is 5.91 Å². The molecule has 0 unspecified atom stereocenters. The molecule has 100 valence electrons. The van der Waals surface area contributed by atoms with Crippen molar-refractivity contribution in [1.29, 1.82) is 0 Å². The van der Waals surface area contributed by atoms with E-state index in [1.54, 1.807) is 42.3 Å². The quantitative estimate of drug-likeness (QED) is 0.628. The number of nitrogens with two attached hydrogens (primary N) is 1. The van der Waals surface area contributed by atoms with Gasteiger partial charge in [0.05, 0.1) is 12.0 Å². The van der Waals surface area contributed by atoms with E-state index in [0.717, 1.165) is 23.0 Å². The summed E-state index contributed by atoms with van der Waals surface area (Å²) in [5.74, 6) is 2.50. The standard InChI is InChI=1S/C14H16N2O2S/c15-11-3-5-12(6-4-11)16-14(17)7-9-19-10-13-2-1-8-18-13/h1-6,8H,7,9-10,15H2,(H,16,17). The molecule has 0 aliphatic carbocycles. The van der Waals surface area contributed by atoms with Crippen molar-refractivity contribution in [3.8, 4) is 0 Å². The van der Waals surface area contributed by atoms with Crippen molar-refractivity contribution in [2.45, 2.75) is 12.2 Å². The molecule has 3 N–H and O–H groups in total. The van der Waals surface area contributed by atoms with Gasteiger partial charge in [0.1, 0.15) is 5.76 Å². The van der Waals surface area contributed by atoms with E-state index in [4.69, 9.17) is 10.2 Å². The van der Waals surface area contributed by atoms with Crippen molar-refractivity contribution < 1.29 is 9.21 Å². The molecule has 0 aliphatic rings. The first-order chi connectivity index (χ1) is 9.24. The number of thioether (sulfide) groups is 1. The summed E-state index contributed by atoms with van der Waals surface area (Å²) in [6.07, 6.45) is 2.14. The lowest BCUT2D eigenvalue weighted by Crippen LogP contribution is -2.12. The molecular weight excluding hydrogens is 260 g/mol. The maximum atomic E-state index is 11.7. The van der Waals surface area contributed by atoms with Crippen LogP contribution in [0.2, 0.25) is 0 Å². The number of furan rings is 1. The molecule has 0 radical (unpaired) electrons. The molecular formula is C14H16N2O2S. The third-order valence-corrected chi connectivity index (χ3v) is 3.47. The Hall–Kier alpha value is -1.88. The summed E-state index contributed by atoms with van der Waals surface area (Å²) < 4.78 is 5.21. The number of carbonyl (C=O) groups is 1. The van der Waals surface area contributed by atoms with E-state index in [0.29, 0.717) is 12.1 Å². The molecule has 4 nitrogen and oxygen atoms in total. The molecule has 0 aliphatic heterocycles. The van der Waals surface area contributed by atoms with Crippen LogP contribution in [0.4, 0.5) is 11.4 Å². The van der Waals surface area contributed by atoms with E-state index in [9.17, 15) is 4.79 Å². The third-order valence-electron chi connectivity index (χ3n) is 2.49. The molecule has 0 saturated heterocycles. The van der Waals surface area contributed by atoms with Gasteiger partial charge in [-0.15, -0.1) is 0 Å². The van der Waals surface area contributed by atoms with Gasteiger partial charge in [-0.2, -0.15) is 11.8 Å². The molecule has 0 atom stereocenters. The first-order valence-corrected chi connectivity index (χ1v) is 7.15. The topological polar surface area (TPSA) is 68.3 Å². The van der Waals surface area contributed by atoms with E-state index < -0.39 is 0 Å². The maximum absolute atomic E-state index is 11.7. The van der Waals surface area contributed by atoms with Gasteiger partial charge in [0, 0.05) is 23.5 Å². The monoisotopic (exact) mass is 276 g/mol. The second-order valence-corrected chi connectivity index (χ2v) is 5.16. The molecule has 1 aromatic heterocycles. The number of nitrogens with one attached hydrogen (secondary N) is 1. The SMILES string of the molecule is Nc1ccc(NC(=O)CCSCc2ccco2)cc1. The summed E-state index contributed by atoms with van der Waals surface area (Å²) in [5, 5.41) is 2.83. The Morgan fingerprint density at radius 3 is 2.74 bits per heavy atom. The van der Waals surface area contributed by atoms with Crippen LogP contribution in [0.15, 0.2) is 47.1 Å². The Bertz CT molecular complexity index is 509. The second kappa shape index (κ2) is 6.89. The predicted molar refractivity (Wildman–Crippen MR) is 79.0 cm³/mol. The number of nitrogen functional groups attached to an aromatic ring is 1. The molecule has 0 bridgehead atoms. The number of hydrogen-bond acceptors (Lipinski definition) is 4. The number of amides is 1. The number of benzene rings is 1. The summed E-state index contributed by atoms with van der Waals surface area (Å²) in [4.78, 5) is 11.7. The molecule has 0 saturated carbocycles. The average Bonchev–Trinajstić information content (AvgIpc) is 2.91. The van der Waals surface area contributed by atoms with Gasteiger partial charge in [0.25, 0.3) is 0 Å². The predicted octanol–water partition coefficient (Wildman–Crippen LogP) is 3.12. The molecule has 0 spiro atoms. The van der Waals surface area contributed by atoms with Crippen molar-refractivity contribution in [3.05, 3.63) is 48.4 Å². The molecule has 5 heteroatoms. The van der Waals surface area contributed by atoms with Crippen molar-refractivity contribution >= 4 is 29.0 Å². The summed E-state index contributed by atoms with van der Waals surface area (Å²) in [6, 6.07) is 10.9. The summed E-state index contributed by atoms with van der Waals surface area (Å²) in [7, 11) is 0. The van der Waals surface area contributed by atoms with Crippen molar-refractivity contribution in [3.63, 3.8) is 0 Å². The van der Waals surface area contributed by atoms with E-state index in [1.165, 1.54) is 0 Å². The highest BCUT2D eigenvalue weighted by molar-refractivity contribution is 7.98. The van der Waals surface area contributed by atoms with Crippen LogP contribution in [-0.4, -0.2) is 11.7 Å². The second-order valence-electron chi connectivity index (χ2n) is 4.05. The lowest BCUT2D eigenvalue weighted by atomic mass is 10.3. The van der Waals surface area contributed by atoms with Crippen molar-refractivity contribution in [2.24, 2.45) is 0 Å². The molecule has 1 aromatic carbocycles. The van der Waals surface area contributed by atoms with Gasteiger partial charge in [-0.05, 0) is 36.4 Å². The highest BCUT2D eigenvalue weighted by Crippen LogP contribution is 2.14. The van der Waals surface area contributed by atoms with Gasteiger partial charge in [0.15, 0.2) is 0 Å². The van der Waals surface area contributed by atoms with Crippen LogP contribution >= 0.6 is 11.8 Å². The van der Waals surface area contributed by atoms with Gasteiger partial charge >= 0.3 is 0 Å². The smallest absolute Gasteiger partial charge is 0.225 e. The Labute approximate surface area is 116 Å². The summed E-state index contributed by atoms with van der Waals surface area (Å²) in [5.41, 5.74) is 7.04. The fourth-order valence-corrected chi connectivity index (χ4v) is 2.36. The number of anilines is 2. The van der Waals surface area contributed by atoms with Crippen molar-refractivity contribution in [2.75, 3.05) is 16.8 Å². The van der Waals surface area contributed by atoms with E-state index in [2.05, 4.69) is 5.32 Å². The van der Waals surface area contributed by atoms with E-state index >= 15 is 0 Å². The molecule has 2 rings (SSSR count). The van der Waals surface area contributed by atoms with Gasteiger partial charge in [-0.1, -0.05) is 0 Å². The normalized spacial score (nSPS) is 10.3. The average molecular weight is 276 g/mol. The van der Waals surface area contributed by atoms with Crippen molar-refractivity contribution in [1.82, 2.24) is 0 Å². The Balaban J connectivity index is 1.65. The van der Waals surface area contributed by atoms with Crippen LogP contribution < -0.4 is 11.1 Å². The molecule has 19 heavy (non-hydrogen) atoms. The van der Waals surface area contributed by atoms with E-state index in [1.807, 2.05) is 12.1 Å². The Morgan fingerprint density at radius 2 is 2.05 bits per heavy atom. The lowest BCUT2D eigenvalue weighted by molar-refractivity contribution is -0.115. The number of carbonyl (C=O) groups excluding carboxylic acids is 1. The Morgan fingerprint density at radius 1 is 1.26 bits per heavy atom. The summed E-state index contributed by atoms with van der Waals surface area (Å²) in [6.45, 7) is 0. The van der Waals surface area contributed by atoms with Crippen LogP contribution in [0.25, 0.3) is 0 Å². The number of hydrogen-bond donors (Lipinski definition) is 2. The van der Waals surface area contributed by atoms with Crippen LogP contribution in [0.1, 0.15) is 12.2 Å². The first-order valence-electron chi connectivity index (χ1n) is 5.99. The highest BCUT2D eigenvalue weighted by Gasteiger charge is 2.03. The van der Waals surface area contributed by atoms with Gasteiger partial charge in [-0.25, -0.2) is 0 Å². The summed E-state index contributed by atoms with van der Waals surface area (Å²) >= 11 is 1.68. The third kappa shape index (κ3) is 4.71. The first kappa shape index (κ1) is 13.5.